The van der Waals surface area contributed by atoms with E-state index in [-0.39, 0.29) is 11.9 Å². The normalized spacial score (nSPS) is 19.7. The molecule has 1 fully saturated rings. The first kappa shape index (κ1) is 14.1. The molecule has 0 aliphatic carbocycles. The molecule has 1 aliphatic rings. The third-order valence-electron chi connectivity index (χ3n) is 3.69. The Balaban J connectivity index is 2.12. The van der Waals surface area contributed by atoms with Crippen LogP contribution < -0.4 is 10.6 Å². The van der Waals surface area contributed by atoms with E-state index < -0.39 is 0 Å². The summed E-state index contributed by atoms with van der Waals surface area (Å²) in [6.07, 6.45) is 3.20. The zero-order chi connectivity index (χ0) is 14.0. The van der Waals surface area contributed by atoms with Crippen molar-refractivity contribution in [3.05, 3.63) is 11.4 Å². The van der Waals surface area contributed by atoms with Crippen LogP contribution in [0.3, 0.4) is 0 Å². The van der Waals surface area contributed by atoms with Crippen LogP contribution in [-0.2, 0) is 4.79 Å². The average molecular weight is 264 g/mol. The maximum absolute atomic E-state index is 12.2. The standard InChI is InChI=1S/C14H24N4O/c1-9(2)18-11(4)13(10(3)17-18)16-14(19)12-7-5-6-8-15-12/h9,12,15H,5-8H2,1-4H3,(H,16,19). The van der Waals surface area contributed by atoms with Crippen LogP contribution >= 0.6 is 0 Å². The number of carbonyl (C=O) groups excluding carboxylic acids is 1. The van der Waals surface area contributed by atoms with E-state index in [9.17, 15) is 4.79 Å². The average Bonchev–Trinajstić information content (AvgIpc) is 2.68. The van der Waals surface area contributed by atoms with E-state index in [1.54, 1.807) is 0 Å². The van der Waals surface area contributed by atoms with E-state index in [0.717, 1.165) is 42.9 Å². The minimum Gasteiger partial charge on any atom is -0.322 e. The van der Waals surface area contributed by atoms with Gasteiger partial charge in [-0.2, -0.15) is 5.10 Å². The van der Waals surface area contributed by atoms with Crippen LogP contribution in [0.25, 0.3) is 0 Å². The van der Waals surface area contributed by atoms with Gasteiger partial charge in [-0.1, -0.05) is 6.42 Å². The molecule has 106 valence electrons. The Kier molecular flexibility index (Phi) is 4.24. The van der Waals surface area contributed by atoms with Gasteiger partial charge in [0.15, 0.2) is 0 Å². The lowest BCUT2D eigenvalue weighted by Gasteiger charge is -2.22. The number of hydrogen-bond acceptors (Lipinski definition) is 3. The maximum Gasteiger partial charge on any atom is 0.241 e. The number of nitrogens with one attached hydrogen (secondary N) is 2. The maximum atomic E-state index is 12.2. The van der Waals surface area contributed by atoms with E-state index >= 15 is 0 Å². The molecular weight excluding hydrogens is 240 g/mol. The summed E-state index contributed by atoms with van der Waals surface area (Å²) in [5.41, 5.74) is 2.78. The van der Waals surface area contributed by atoms with Crippen molar-refractivity contribution >= 4 is 11.6 Å². The molecule has 2 N–H and O–H groups in total. The lowest BCUT2D eigenvalue weighted by atomic mass is 10.0. The second kappa shape index (κ2) is 5.74. The van der Waals surface area contributed by atoms with Crippen molar-refractivity contribution in [2.45, 2.75) is 59.0 Å². The van der Waals surface area contributed by atoms with Gasteiger partial charge in [-0.15, -0.1) is 0 Å². The van der Waals surface area contributed by atoms with Gasteiger partial charge in [-0.25, -0.2) is 0 Å². The summed E-state index contributed by atoms with van der Waals surface area (Å²) < 4.78 is 1.96. The van der Waals surface area contributed by atoms with E-state index in [1.807, 2.05) is 18.5 Å². The van der Waals surface area contributed by atoms with Crippen molar-refractivity contribution in [2.24, 2.45) is 0 Å². The molecule has 19 heavy (non-hydrogen) atoms. The zero-order valence-corrected chi connectivity index (χ0v) is 12.3. The van der Waals surface area contributed by atoms with Crippen LogP contribution in [-0.4, -0.2) is 28.3 Å². The topological polar surface area (TPSA) is 59.0 Å². The molecule has 2 heterocycles. The van der Waals surface area contributed by atoms with Gasteiger partial charge in [0.05, 0.1) is 23.1 Å². The molecule has 1 aromatic rings. The monoisotopic (exact) mass is 264 g/mol. The molecule has 1 saturated heterocycles. The lowest BCUT2D eigenvalue weighted by molar-refractivity contribution is -0.118. The third-order valence-corrected chi connectivity index (χ3v) is 3.69. The Hall–Kier alpha value is -1.36. The van der Waals surface area contributed by atoms with Gasteiger partial charge < -0.3 is 10.6 Å². The number of anilines is 1. The van der Waals surface area contributed by atoms with Gasteiger partial charge in [0.1, 0.15) is 0 Å². The number of aryl methyl sites for hydroxylation is 1. The Morgan fingerprint density at radius 1 is 1.42 bits per heavy atom. The van der Waals surface area contributed by atoms with Crippen molar-refractivity contribution in [2.75, 3.05) is 11.9 Å². The third kappa shape index (κ3) is 2.97. The van der Waals surface area contributed by atoms with E-state index in [0.29, 0.717) is 6.04 Å². The molecule has 0 radical (unpaired) electrons. The molecular formula is C14H24N4O. The molecule has 0 spiro atoms. The van der Waals surface area contributed by atoms with Gasteiger partial charge in [0.2, 0.25) is 5.91 Å². The zero-order valence-electron chi connectivity index (χ0n) is 12.3. The predicted molar refractivity (Wildman–Crippen MR) is 76.4 cm³/mol. The van der Waals surface area contributed by atoms with Crippen LogP contribution in [0.5, 0.6) is 0 Å². The van der Waals surface area contributed by atoms with Gasteiger partial charge in [0.25, 0.3) is 0 Å². The first-order chi connectivity index (χ1) is 9.00. The molecule has 1 aliphatic heterocycles. The smallest absolute Gasteiger partial charge is 0.241 e. The predicted octanol–water partition coefficient (Wildman–Crippen LogP) is 2.16. The summed E-state index contributed by atoms with van der Waals surface area (Å²) in [5.74, 6) is 0.0641. The van der Waals surface area contributed by atoms with Crippen LogP contribution in [0.4, 0.5) is 5.69 Å². The number of rotatable bonds is 3. The van der Waals surface area contributed by atoms with E-state index in [4.69, 9.17) is 0 Å². The summed E-state index contributed by atoms with van der Waals surface area (Å²) in [5, 5.41) is 10.8. The molecule has 0 aromatic carbocycles. The molecule has 1 amide bonds. The van der Waals surface area contributed by atoms with Crippen molar-refractivity contribution in [1.82, 2.24) is 15.1 Å². The molecule has 2 rings (SSSR count). The van der Waals surface area contributed by atoms with Crippen LogP contribution in [0, 0.1) is 13.8 Å². The SMILES string of the molecule is Cc1nn(C(C)C)c(C)c1NC(=O)C1CCCCN1. The number of nitrogens with zero attached hydrogens (tertiary/aromatic N) is 2. The minimum atomic E-state index is -0.0602. The molecule has 5 heteroatoms. The summed E-state index contributed by atoms with van der Waals surface area (Å²) in [6, 6.07) is 0.243. The fraction of sp³-hybridized carbons (Fsp3) is 0.714. The largest absolute Gasteiger partial charge is 0.322 e. The van der Waals surface area contributed by atoms with E-state index in [1.165, 1.54) is 0 Å². The molecule has 1 unspecified atom stereocenters. The fourth-order valence-electron chi connectivity index (χ4n) is 2.63. The first-order valence-corrected chi connectivity index (χ1v) is 7.10. The summed E-state index contributed by atoms with van der Waals surface area (Å²) in [7, 11) is 0. The van der Waals surface area contributed by atoms with Crippen LogP contribution in [0.2, 0.25) is 0 Å². The second-order valence-corrected chi connectivity index (χ2v) is 5.58. The molecule has 1 aromatic heterocycles. The van der Waals surface area contributed by atoms with E-state index in [2.05, 4.69) is 29.6 Å². The quantitative estimate of drug-likeness (QED) is 0.879. The second-order valence-electron chi connectivity index (χ2n) is 5.58. The van der Waals surface area contributed by atoms with Gasteiger partial charge >= 0.3 is 0 Å². The number of amides is 1. The highest BCUT2D eigenvalue weighted by atomic mass is 16.2. The summed E-state index contributed by atoms with van der Waals surface area (Å²) >= 11 is 0. The molecule has 0 bridgehead atoms. The Labute approximate surface area is 114 Å². The molecule has 5 nitrogen and oxygen atoms in total. The Bertz CT molecular complexity index is 458. The Morgan fingerprint density at radius 3 is 2.68 bits per heavy atom. The highest BCUT2D eigenvalue weighted by Gasteiger charge is 2.23. The van der Waals surface area contributed by atoms with Crippen molar-refractivity contribution in [3.63, 3.8) is 0 Å². The van der Waals surface area contributed by atoms with Gasteiger partial charge in [-0.05, 0) is 47.1 Å². The highest BCUT2D eigenvalue weighted by molar-refractivity contribution is 5.95. The number of aromatic nitrogens is 2. The summed E-state index contributed by atoms with van der Waals surface area (Å²) in [4.78, 5) is 12.2. The van der Waals surface area contributed by atoms with Crippen LogP contribution in [0.1, 0.15) is 50.5 Å². The van der Waals surface area contributed by atoms with Crippen molar-refractivity contribution < 1.29 is 4.79 Å². The highest BCUT2D eigenvalue weighted by Crippen LogP contribution is 2.23. The molecule has 0 saturated carbocycles. The van der Waals surface area contributed by atoms with Crippen LogP contribution in [0.15, 0.2) is 0 Å². The minimum absolute atomic E-state index is 0.0602. The van der Waals surface area contributed by atoms with Crippen molar-refractivity contribution in [1.29, 1.82) is 0 Å². The molecule has 1 atom stereocenters. The number of hydrogen-bond donors (Lipinski definition) is 2. The van der Waals surface area contributed by atoms with Crippen molar-refractivity contribution in [3.8, 4) is 0 Å². The first-order valence-electron chi connectivity index (χ1n) is 7.10. The van der Waals surface area contributed by atoms with Gasteiger partial charge in [0, 0.05) is 6.04 Å². The van der Waals surface area contributed by atoms with Gasteiger partial charge in [-0.3, -0.25) is 9.48 Å². The Morgan fingerprint density at radius 2 is 2.16 bits per heavy atom. The fourth-order valence-corrected chi connectivity index (χ4v) is 2.63. The summed E-state index contributed by atoms with van der Waals surface area (Å²) in [6.45, 7) is 9.06. The number of carbonyl (C=O) groups is 1. The number of piperidine rings is 1. The lowest BCUT2D eigenvalue weighted by Crippen LogP contribution is -2.43.